The van der Waals surface area contributed by atoms with Crippen molar-refractivity contribution in [1.82, 2.24) is 9.47 Å². The van der Waals surface area contributed by atoms with Crippen LogP contribution >= 0.6 is 0 Å². The summed E-state index contributed by atoms with van der Waals surface area (Å²) in [6, 6.07) is 8.92. The quantitative estimate of drug-likeness (QED) is 0.780. The van der Waals surface area contributed by atoms with Gasteiger partial charge in [-0.25, -0.2) is 4.79 Å². The Morgan fingerprint density at radius 1 is 1.27 bits per heavy atom. The third-order valence-electron chi connectivity index (χ3n) is 6.73. The van der Waals surface area contributed by atoms with E-state index in [0.29, 0.717) is 12.6 Å². The maximum atomic E-state index is 12.9. The minimum absolute atomic E-state index is 0.0416. The molecule has 0 N–H and O–H groups in total. The zero-order valence-corrected chi connectivity index (χ0v) is 15.6. The van der Waals surface area contributed by atoms with Crippen molar-refractivity contribution in [1.29, 1.82) is 0 Å². The van der Waals surface area contributed by atoms with Crippen LogP contribution < -0.4 is 0 Å². The molecule has 0 spiro atoms. The van der Waals surface area contributed by atoms with Crippen LogP contribution in [0, 0.1) is 5.41 Å². The number of rotatable bonds is 3. The summed E-state index contributed by atoms with van der Waals surface area (Å²) >= 11 is 0. The molecule has 1 aromatic heterocycles. The van der Waals surface area contributed by atoms with E-state index in [0.717, 1.165) is 43.6 Å². The first-order chi connectivity index (χ1) is 12.7. The molecular formula is C22H26N2O2. The molecule has 1 saturated heterocycles. The number of para-hydroxylation sites is 1. The summed E-state index contributed by atoms with van der Waals surface area (Å²) in [5.74, 6) is -0.190. The van der Waals surface area contributed by atoms with Crippen LogP contribution in [0.1, 0.15) is 50.4 Å². The molecule has 3 aliphatic rings. The van der Waals surface area contributed by atoms with Gasteiger partial charge < -0.3 is 9.30 Å². The zero-order valence-electron chi connectivity index (χ0n) is 15.6. The second-order valence-corrected chi connectivity index (χ2v) is 7.85. The average Bonchev–Trinajstić information content (AvgIpc) is 3.02. The SMILES string of the molecule is CCOC(=O)C1=C[C@]2(CC)CCCN3CCc4c(n1c1ccccc41)C32. The van der Waals surface area contributed by atoms with Crippen molar-refractivity contribution < 1.29 is 9.53 Å². The zero-order chi connectivity index (χ0) is 17.9. The molecule has 4 heteroatoms. The van der Waals surface area contributed by atoms with Gasteiger partial charge in [0, 0.05) is 23.0 Å². The number of aromatic nitrogens is 1. The predicted octanol–water partition coefficient (Wildman–Crippen LogP) is 4.15. The monoisotopic (exact) mass is 350 g/mol. The molecule has 0 bridgehead atoms. The molecular weight excluding hydrogens is 324 g/mol. The van der Waals surface area contributed by atoms with E-state index < -0.39 is 0 Å². The summed E-state index contributed by atoms with van der Waals surface area (Å²) < 4.78 is 7.69. The van der Waals surface area contributed by atoms with Crippen molar-refractivity contribution >= 4 is 22.6 Å². The Bertz CT molecular complexity index is 926. The molecule has 4 nitrogen and oxygen atoms in total. The number of hydrogen-bond acceptors (Lipinski definition) is 3. The number of hydrogen-bond donors (Lipinski definition) is 0. The number of esters is 1. The molecule has 5 rings (SSSR count). The summed E-state index contributed by atoms with van der Waals surface area (Å²) in [6.45, 7) is 6.85. The molecule has 0 radical (unpaired) electrons. The number of ether oxygens (including phenoxy) is 1. The number of piperidine rings is 1. The van der Waals surface area contributed by atoms with Gasteiger partial charge in [-0.1, -0.05) is 25.1 Å². The highest BCUT2D eigenvalue weighted by Gasteiger charge is 2.51. The molecule has 1 fully saturated rings. The summed E-state index contributed by atoms with van der Waals surface area (Å²) in [5, 5.41) is 1.30. The maximum Gasteiger partial charge on any atom is 0.354 e. The van der Waals surface area contributed by atoms with E-state index in [-0.39, 0.29) is 11.4 Å². The highest BCUT2D eigenvalue weighted by molar-refractivity contribution is 6.13. The van der Waals surface area contributed by atoms with Crippen LogP contribution in [0.4, 0.5) is 0 Å². The normalized spacial score (nSPS) is 27.2. The van der Waals surface area contributed by atoms with Crippen LogP contribution in [-0.4, -0.2) is 35.1 Å². The highest BCUT2D eigenvalue weighted by Crippen LogP contribution is 2.57. The van der Waals surface area contributed by atoms with Crippen molar-refractivity contribution in [2.45, 2.75) is 45.6 Å². The lowest BCUT2D eigenvalue weighted by Gasteiger charge is -2.53. The van der Waals surface area contributed by atoms with Crippen molar-refractivity contribution in [3.05, 3.63) is 41.6 Å². The van der Waals surface area contributed by atoms with Crippen LogP contribution in [-0.2, 0) is 16.0 Å². The fourth-order valence-electron chi connectivity index (χ4n) is 5.63. The smallest absolute Gasteiger partial charge is 0.354 e. The average molecular weight is 350 g/mol. The fraction of sp³-hybridized carbons (Fsp3) is 0.500. The number of benzene rings is 1. The van der Waals surface area contributed by atoms with Gasteiger partial charge in [0.05, 0.1) is 18.2 Å². The van der Waals surface area contributed by atoms with Crippen molar-refractivity contribution in [3.63, 3.8) is 0 Å². The highest BCUT2D eigenvalue weighted by atomic mass is 16.5. The van der Waals surface area contributed by atoms with Crippen molar-refractivity contribution in [2.24, 2.45) is 5.41 Å². The van der Waals surface area contributed by atoms with Gasteiger partial charge in [-0.2, -0.15) is 0 Å². The molecule has 2 atom stereocenters. The van der Waals surface area contributed by atoms with Crippen molar-refractivity contribution in [3.8, 4) is 0 Å². The Hall–Kier alpha value is -2.07. The van der Waals surface area contributed by atoms with Crippen LogP contribution in [0.25, 0.3) is 16.6 Å². The number of carbonyl (C=O) groups is 1. The summed E-state index contributed by atoms with van der Waals surface area (Å²) in [5.41, 5.74) is 4.71. The first kappa shape index (κ1) is 16.1. The van der Waals surface area contributed by atoms with Gasteiger partial charge in [-0.05, 0) is 56.9 Å². The van der Waals surface area contributed by atoms with Crippen LogP contribution in [0.2, 0.25) is 0 Å². The summed E-state index contributed by atoms with van der Waals surface area (Å²) in [7, 11) is 0. The molecule has 26 heavy (non-hydrogen) atoms. The fourth-order valence-corrected chi connectivity index (χ4v) is 5.63. The Balaban J connectivity index is 1.85. The van der Waals surface area contributed by atoms with E-state index in [1.54, 1.807) is 0 Å². The van der Waals surface area contributed by atoms with Gasteiger partial charge in [0.2, 0.25) is 0 Å². The number of nitrogens with zero attached hydrogens (tertiary/aromatic N) is 2. The van der Waals surface area contributed by atoms with Crippen molar-refractivity contribution in [2.75, 3.05) is 19.7 Å². The van der Waals surface area contributed by atoms with E-state index >= 15 is 0 Å². The minimum atomic E-state index is -0.190. The van der Waals surface area contributed by atoms with E-state index in [2.05, 4.69) is 46.7 Å². The second-order valence-electron chi connectivity index (χ2n) is 7.85. The molecule has 4 heterocycles. The lowest BCUT2D eigenvalue weighted by molar-refractivity contribution is -0.136. The first-order valence-corrected chi connectivity index (χ1v) is 9.97. The van der Waals surface area contributed by atoms with Crippen LogP contribution in [0.3, 0.4) is 0 Å². The van der Waals surface area contributed by atoms with Crippen LogP contribution in [0.5, 0.6) is 0 Å². The standard InChI is InChI=1S/C22H26N2O2/c1-3-22-11-7-12-23-13-10-16-15-8-5-6-9-17(15)24(19(16)20(22)23)18(14-22)21(25)26-4-2/h5-6,8-9,14,20H,3-4,7,10-13H2,1-2H3/t20?,22-/m0/s1. The topological polar surface area (TPSA) is 34.5 Å². The number of fused-ring (bicyclic) bond motifs is 3. The molecule has 1 unspecified atom stereocenters. The minimum Gasteiger partial charge on any atom is -0.461 e. The van der Waals surface area contributed by atoms with Gasteiger partial charge in [0.1, 0.15) is 5.70 Å². The van der Waals surface area contributed by atoms with E-state index in [4.69, 9.17) is 4.74 Å². The summed E-state index contributed by atoms with van der Waals surface area (Å²) in [4.78, 5) is 15.6. The third-order valence-corrected chi connectivity index (χ3v) is 6.73. The molecule has 0 aliphatic carbocycles. The lowest BCUT2D eigenvalue weighted by atomic mass is 9.66. The third kappa shape index (κ3) is 1.96. The van der Waals surface area contributed by atoms with Crippen LogP contribution in [0.15, 0.2) is 30.3 Å². The van der Waals surface area contributed by atoms with Gasteiger partial charge in [-0.3, -0.25) is 4.90 Å². The number of carbonyl (C=O) groups excluding carboxylic acids is 1. The molecule has 136 valence electrons. The van der Waals surface area contributed by atoms with Gasteiger partial charge in [0.25, 0.3) is 0 Å². The Morgan fingerprint density at radius 3 is 2.92 bits per heavy atom. The molecule has 0 amide bonds. The second kappa shape index (κ2) is 5.71. The molecule has 3 aliphatic heterocycles. The molecule has 2 aromatic rings. The van der Waals surface area contributed by atoms with E-state index in [1.807, 2.05) is 6.92 Å². The van der Waals surface area contributed by atoms with E-state index in [9.17, 15) is 4.79 Å². The molecule has 1 aromatic carbocycles. The Labute approximate surface area is 154 Å². The van der Waals surface area contributed by atoms with Gasteiger partial charge >= 0.3 is 5.97 Å². The molecule has 0 saturated carbocycles. The summed E-state index contributed by atoms with van der Waals surface area (Å²) in [6.07, 6.45) is 6.73. The predicted molar refractivity (Wildman–Crippen MR) is 103 cm³/mol. The van der Waals surface area contributed by atoms with Gasteiger partial charge in [0.15, 0.2) is 0 Å². The van der Waals surface area contributed by atoms with Gasteiger partial charge in [-0.15, -0.1) is 0 Å². The largest absolute Gasteiger partial charge is 0.461 e. The maximum absolute atomic E-state index is 12.9. The van der Waals surface area contributed by atoms with E-state index in [1.165, 1.54) is 23.1 Å². The Kier molecular flexibility index (Phi) is 3.54. The lowest BCUT2D eigenvalue weighted by Crippen LogP contribution is -2.51. The Morgan fingerprint density at radius 2 is 2.12 bits per heavy atom. The first-order valence-electron chi connectivity index (χ1n) is 9.97.